The molecule has 0 bridgehead atoms. The zero-order valence-electron chi connectivity index (χ0n) is 15.4. The molecule has 0 aliphatic heterocycles. The second-order valence-corrected chi connectivity index (χ2v) is 6.27. The molecular formula is C21H26O4. The summed E-state index contributed by atoms with van der Waals surface area (Å²) in [5.41, 5.74) is 2.56. The van der Waals surface area contributed by atoms with E-state index in [2.05, 4.69) is 26.8 Å². The van der Waals surface area contributed by atoms with Crippen LogP contribution in [0.25, 0.3) is 0 Å². The fraction of sp³-hybridized carbons (Fsp3) is 0.381. The monoisotopic (exact) mass is 342 g/mol. The number of rotatable bonds is 8. The molecule has 4 heteroatoms. The van der Waals surface area contributed by atoms with Crippen molar-refractivity contribution in [2.24, 2.45) is 0 Å². The number of benzene rings is 2. The van der Waals surface area contributed by atoms with Gasteiger partial charge in [0, 0.05) is 6.42 Å². The second-order valence-electron chi connectivity index (χ2n) is 6.27. The van der Waals surface area contributed by atoms with Gasteiger partial charge in [0.1, 0.15) is 17.2 Å². The van der Waals surface area contributed by atoms with Crippen molar-refractivity contribution in [2.75, 3.05) is 13.7 Å². The quantitative estimate of drug-likeness (QED) is 0.389. The maximum atomic E-state index is 11.8. The summed E-state index contributed by atoms with van der Waals surface area (Å²) in [5, 5.41) is 0. The van der Waals surface area contributed by atoms with Gasteiger partial charge in [-0.15, -0.1) is 0 Å². The molecule has 134 valence electrons. The van der Waals surface area contributed by atoms with E-state index in [4.69, 9.17) is 14.2 Å². The number of methoxy groups -OCH3 is 1. The van der Waals surface area contributed by atoms with E-state index in [1.165, 1.54) is 11.1 Å². The van der Waals surface area contributed by atoms with Crippen molar-refractivity contribution < 1.29 is 19.0 Å². The third kappa shape index (κ3) is 5.82. The summed E-state index contributed by atoms with van der Waals surface area (Å²) in [6.07, 6.45) is 0.926. The normalized spacial score (nSPS) is 10.6. The van der Waals surface area contributed by atoms with E-state index < -0.39 is 0 Å². The first-order valence-corrected chi connectivity index (χ1v) is 8.57. The summed E-state index contributed by atoms with van der Waals surface area (Å²) in [4.78, 5) is 11.8. The molecule has 2 aromatic rings. The van der Waals surface area contributed by atoms with Crippen LogP contribution in [0.15, 0.2) is 42.5 Å². The van der Waals surface area contributed by atoms with Crippen molar-refractivity contribution >= 4 is 5.97 Å². The number of ether oxygens (including phenoxy) is 3. The molecule has 2 rings (SSSR count). The van der Waals surface area contributed by atoms with E-state index in [1.807, 2.05) is 12.1 Å². The molecule has 0 atom stereocenters. The highest BCUT2D eigenvalue weighted by atomic mass is 16.5. The van der Waals surface area contributed by atoms with E-state index >= 15 is 0 Å². The Hall–Kier alpha value is -2.49. The van der Waals surface area contributed by atoms with Gasteiger partial charge in [0.15, 0.2) is 0 Å². The molecule has 0 N–H and O–H groups in total. The Morgan fingerprint density at radius 2 is 1.64 bits per heavy atom. The summed E-state index contributed by atoms with van der Waals surface area (Å²) in [5.74, 6) is 2.32. The Morgan fingerprint density at radius 1 is 1.00 bits per heavy atom. The van der Waals surface area contributed by atoms with Crippen molar-refractivity contribution in [1.82, 2.24) is 0 Å². The van der Waals surface area contributed by atoms with Crippen LogP contribution in [0.1, 0.15) is 43.7 Å². The summed E-state index contributed by atoms with van der Waals surface area (Å²) in [7, 11) is 1.60. The van der Waals surface area contributed by atoms with E-state index in [-0.39, 0.29) is 5.97 Å². The minimum absolute atomic E-state index is 0.264. The Labute approximate surface area is 149 Å². The molecule has 25 heavy (non-hydrogen) atoms. The standard InChI is InChI=1S/C21H26O4/c1-15(2)20-12-11-19(14-16(20)3)24-13-5-6-21(22)25-18-9-7-17(23-4)8-10-18/h7-12,14-15H,5-6,13H2,1-4H3. The summed E-state index contributed by atoms with van der Waals surface area (Å²) in [6.45, 7) is 6.93. The van der Waals surface area contributed by atoms with Crippen molar-refractivity contribution in [3.63, 3.8) is 0 Å². The molecule has 0 fully saturated rings. The molecule has 0 saturated heterocycles. The van der Waals surface area contributed by atoms with Crippen LogP contribution in [0.5, 0.6) is 17.2 Å². The second kappa shape index (κ2) is 9.11. The first-order chi connectivity index (χ1) is 12.0. The van der Waals surface area contributed by atoms with E-state index in [0.29, 0.717) is 31.1 Å². The summed E-state index contributed by atoms with van der Waals surface area (Å²) >= 11 is 0. The highest BCUT2D eigenvalue weighted by molar-refractivity contribution is 5.72. The third-order valence-electron chi connectivity index (χ3n) is 3.95. The molecule has 0 amide bonds. The Balaban J connectivity index is 1.73. The molecule has 0 aliphatic rings. The molecular weight excluding hydrogens is 316 g/mol. The van der Waals surface area contributed by atoms with Crippen LogP contribution in [0.4, 0.5) is 0 Å². The van der Waals surface area contributed by atoms with E-state index in [0.717, 1.165) is 11.5 Å². The molecule has 0 unspecified atom stereocenters. The van der Waals surface area contributed by atoms with Gasteiger partial charge in [0.05, 0.1) is 13.7 Å². The molecule has 0 radical (unpaired) electrons. The van der Waals surface area contributed by atoms with Crippen molar-refractivity contribution in [3.05, 3.63) is 53.6 Å². The van der Waals surface area contributed by atoms with Crippen LogP contribution in [0.3, 0.4) is 0 Å². The van der Waals surface area contributed by atoms with Crippen LogP contribution < -0.4 is 14.2 Å². The molecule has 0 aliphatic carbocycles. The number of hydrogen-bond donors (Lipinski definition) is 0. The average molecular weight is 342 g/mol. The Kier molecular flexibility index (Phi) is 6.87. The third-order valence-corrected chi connectivity index (χ3v) is 3.95. The molecule has 0 spiro atoms. The fourth-order valence-electron chi connectivity index (χ4n) is 2.62. The lowest BCUT2D eigenvalue weighted by atomic mass is 9.98. The van der Waals surface area contributed by atoms with Gasteiger partial charge in [0.25, 0.3) is 0 Å². The molecule has 0 saturated carbocycles. The fourth-order valence-corrected chi connectivity index (χ4v) is 2.62. The first kappa shape index (κ1) is 18.8. The van der Waals surface area contributed by atoms with Crippen LogP contribution in [0.2, 0.25) is 0 Å². The van der Waals surface area contributed by atoms with Crippen LogP contribution >= 0.6 is 0 Å². The minimum atomic E-state index is -0.264. The molecule has 0 heterocycles. The van der Waals surface area contributed by atoms with Crippen molar-refractivity contribution in [3.8, 4) is 17.2 Å². The lowest BCUT2D eigenvalue weighted by molar-refractivity contribution is -0.134. The Bertz CT molecular complexity index is 690. The number of aryl methyl sites for hydroxylation is 1. The van der Waals surface area contributed by atoms with Gasteiger partial charge in [-0.1, -0.05) is 19.9 Å². The molecule has 2 aromatic carbocycles. The summed E-state index contributed by atoms with van der Waals surface area (Å²) in [6, 6.07) is 13.1. The maximum Gasteiger partial charge on any atom is 0.311 e. The van der Waals surface area contributed by atoms with Crippen LogP contribution in [-0.2, 0) is 4.79 Å². The highest BCUT2D eigenvalue weighted by Gasteiger charge is 2.07. The van der Waals surface area contributed by atoms with Crippen LogP contribution in [0, 0.1) is 6.92 Å². The van der Waals surface area contributed by atoms with Gasteiger partial charge in [-0.3, -0.25) is 4.79 Å². The van der Waals surface area contributed by atoms with Gasteiger partial charge in [-0.05, 0) is 66.8 Å². The van der Waals surface area contributed by atoms with Crippen molar-refractivity contribution in [1.29, 1.82) is 0 Å². The van der Waals surface area contributed by atoms with Gasteiger partial charge < -0.3 is 14.2 Å². The largest absolute Gasteiger partial charge is 0.497 e. The zero-order chi connectivity index (χ0) is 18.2. The van der Waals surface area contributed by atoms with Gasteiger partial charge in [-0.25, -0.2) is 0 Å². The van der Waals surface area contributed by atoms with Gasteiger partial charge in [-0.2, -0.15) is 0 Å². The molecule has 4 nitrogen and oxygen atoms in total. The highest BCUT2D eigenvalue weighted by Crippen LogP contribution is 2.23. The molecule has 0 aromatic heterocycles. The predicted molar refractivity (Wildman–Crippen MR) is 98.6 cm³/mol. The van der Waals surface area contributed by atoms with E-state index in [9.17, 15) is 4.79 Å². The van der Waals surface area contributed by atoms with Crippen molar-refractivity contribution in [2.45, 2.75) is 39.5 Å². The predicted octanol–water partition coefficient (Wildman–Crippen LogP) is 4.89. The summed E-state index contributed by atoms with van der Waals surface area (Å²) < 4.78 is 16.1. The number of carbonyl (C=O) groups is 1. The van der Waals surface area contributed by atoms with E-state index in [1.54, 1.807) is 31.4 Å². The minimum Gasteiger partial charge on any atom is -0.497 e. The lowest BCUT2D eigenvalue weighted by Crippen LogP contribution is -2.10. The van der Waals surface area contributed by atoms with Gasteiger partial charge in [0.2, 0.25) is 0 Å². The van der Waals surface area contributed by atoms with Gasteiger partial charge >= 0.3 is 5.97 Å². The number of esters is 1. The maximum absolute atomic E-state index is 11.8. The lowest BCUT2D eigenvalue weighted by Gasteiger charge is -2.12. The number of carbonyl (C=O) groups excluding carboxylic acids is 1. The SMILES string of the molecule is COc1ccc(OC(=O)CCCOc2ccc(C(C)C)c(C)c2)cc1. The topological polar surface area (TPSA) is 44.8 Å². The Morgan fingerprint density at radius 3 is 2.24 bits per heavy atom. The smallest absolute Gasteiger partial charge is 0.311 e. The average Bonchev–Trinajstić information content (AvgIpc) is 2.59. The number of hydrogen-bond acceptors (Lipinski definition) is 4. The first-order valence-electron chi connectivity index (χ1n) is 8.57. The van der Waals surface area contributed by atoms with Crippen LogP contribution in [-0.4, -0.2) is 19.7 Å². The zero-order valence-corrected chi connectivity index (χ0v) is 15.4.